The Labute approximate surface area is 157 Å². The first-order valence-electron chi connectivity index (χ1n) is 8.92. The van der Waals surface area contributed by atoms with Crippen molar-refractivity contribution in [3.05, 3.63) is 48.5 Å². The van der Waals surface area contributed by atoms with Gasteiger partial charge in [-0.05, 0) is 35.8 Å². The van der Waals surface area contributed by atoms with E-state index >= 15 is 0 Å². The molecule has 0 aliphatic carbocycles. The molecule has 0 amide bonds. The molecule has 0 radical (unpaired) electrons. The minimum Gasteiger partial charge on any atom is -0.497 e. The quantitative estimate of drug-likeness (QED) is 0.665. The summed E-state index contributed by atoms with van der Waals surface area (Å²) in [5.41, 5.74) is 0. The van der Waals surface area contributed by atoms with Gasteiger partial charge in [-0.15, -0.1) is 0 Å². The maximum Gasteiger partial charge on any atom is 0.150 e. The van der Waals surface area contributed by atoms with Crippen molar-refractivity contribution in [1.82, 2.24) is 9.27 Å². The monoisotopic (exact) mass is 369 g/mol. The molecule has 4 rings (SSSR count). The van der Waals surface area contributed by atoms with Crippen LogP contribution in [0.25, 0.3) is 10.1 Å². The lowest BCUT2D eigenvalue weighted by atomic mass is 10.2. The van der Waals surface area contributed by atoms with Gasteiger partial charge in [0.2, 0.25) is 0 Å². The average Bonchev–Trinajstić information content (AvgIpc) is 3.13. The second-order valence-corrected chi connectivity index (χ2v) is 7.16. The fourth-order valence-electron chi connectivity index (χ4n) is 3.27. The second-order valence-electron chi connectivity index (χ2n) is 6.36. The van der Waals surface area contributed by atoms with Crippen molar-refractivity contribution in [2.75, 3.05) is 51.3 Å². The lowest BCUT2D eigenvalue weighted by molar-refractivity contribution is 0.200. The van der Waals surface area contributed by atoms with Gasteiger partial charge < -0.3 is 14.4 Å². The summed E-state index contributed by atoms with van der Waals surface area (Å²) in [6, 6.07) is 16.2. The van der Waals surface area contributed by atoms with Crippen LogP contribution in [0.4, 0.5) is 5.82 Å². The van der Waals surface area contributed by atoms with E-state index < -0.39 is 0 Å². The topological polar surface area (TPSA) is 37.8 Å². The first-order valence-corrected chi connectivity index (χ1v) is 9.69. The van der Waals surface area contributed by atoms with E-state index in [4.69, 9.17) is 9.47 Å². The number of hydrogen-bond acceptors (Lipinski definition) is 6. The number of anilines is 1. The number of fused-ring (bicyclic) bond motifs is 1. The molecule has 1 fully saturated rings. The molecule has 1 aliphatic rings. The van der Waals surface area contributed by atoms with Gasteiger partial charge in [-0.3, -0.25) is 4.90 Å². The molecule has 6 heteroatoms. The average molecular weight is 369 g/mol. The van der Waals surface area contributed by atoms with Crippen molar-refractivity contribution in [2.24, 2.45) is 0 Å². The summed E-state index contributed by atoms with van der Waals surface area (Å²) in [7, 11) is 1.67. The van der Waals surface area contributed by atoms with Crippen LogP contribution in [0.1, 0.15) is 0 Å². The summed E-state index contributed by atoms with van der Waals surface area (Å²) in [4.78, 5) is 4.85. The molecular formula is C20H23N3O2S. The number of benzene rings is 2. The molecule has 2 heterocycles. The molecule has 1 aromatic heterocycles. The van der Waals surface area contributed by atoms with Gasteiger partial charge in [0.05, 0.1) is 11.8 Å². The van der Waals surface area contributed by atoms with Crippen LogP contribution in [0.15, 0.2) is 48.5 Å². The van der Waals surface area contributed by atoms with Crippen LogP contribution < -0.4 is 14.4 Å². The third-order valence-electron chi connectivity index (χ3n) is 4.75. The van der Waals surface area contributed by atoms with Crippen LogP contribution >= 0.6 is 11.5 Å². The minimum absolute atomic E-state index is 0.687. The fraction of sp³-hybridized carbons (Fsp3) is 0.350. The van der Waals surface area contributed by atoms with E-state index in [9.17, 15) is 0 Å². The molecule has 0 bridgehead atoms. The maximum atomic E-state index is 5.86. The summed E-state index contributed by atoms with van der Waals surface area (Å²) >= 11 is 1.59. The highest BCUT2D eigenvalue weighted by Gasteiger charge is 2.20. The Balaban J connectivity index is 1.27. The number of aromatic nitrogens is 1. The molecule has 0 saturated carbocycles. The van der Waals surface area contributed by atoms with Crippen LogP contribution in [0.2, 0.25) is 0 Å². The lowest BCUT2D eigenvalue weighted by Crippen LogP contribution is -2.47. The van der Waals surface area contributed by atoms with Gasteiger partial charge in [-0.2, -0.15) is 4.37 Å². The summed E-state index contributed by atoms with van der Waals surface area (Å²) in [6.07, 6.45) is 0. The van der Waals surface area contributed by atoms with Crippen molar-refractivity contribution in [2.45, 2.75) is 0 Å². The molecule has 136 valence electrons. The van der Waals surface area contributed by atoms with Crippen LogP contribution in [0.3, 0.4) is 0 Å². The minimum atomic E-state index is 0.687. The summed E-state index contributed by atoms with van der Waals surface area (Å²) in [5, 5.41) is 1.27. The number of hydrogen-bond donors (Lipinski definition) is 0. The normalized spacial score (nSPS) is 15.3. The Morgan fingerprint density at radius 3 is 2.65 bits per heavy atom. The van der Waals surface area contributed by atoms with Crippen LogP contribution in [0, 0.1) is 0 Å². The molecule has 5 nitrogen and oxygen atoms in total. The molecule has 1 aliphatic heterocycles. The molecule has 1 saturated heterocycles. The Kier molecular flexibility index (Phi) is 5.22. The van der Waals surface area contributed by atoms with Gasteiger partial charge >= 0.3 is 0 Å². The zero-order chi connectivity index (χ0) is 17.8. The van der Waals surface area contributed by atoms with E-state index in [1.807, 2.05) is 24.3 Å². The molecule has 3 aromatic rings. The standard InChI is InChI=1S/C20H23N3O2S/c1-24-16-5-4-6-17(15-16)25-14-13-22-9-11-23(12-10-22)20-18-7-2-3-8-19(18)26-21-20/h2-8,15H,9-14H2,1H3. The Morgan fingerprint density at radius 1 is 1.00 bits per heavy atom. The molecule has 0 unspecified atom stereocenters. The predicted octanol–water partition coefficient (Wildman–Crippen LogP) is 3.51. The van der Waals surface area contributed by atoms with Crippen molar-refractivity contribution < 1.29 is 9.47 Å². The SMILES string of the molecule is COc1cccc(OCCN2CCN(c3nsc4ccccc34)CC2)c1. The lowest BCUT2D eigenvalue weighted by Gasteiger charge is -2.34. The smallest absolute Gasteiger partial charge is 0.150 e. The van der Waals surface area contributed by atoms with E-state index in [0.29, 0.717) is 6.61 Å². The zero-order valence-electron chi connectivity index (χ0n) is 14.9. The van der Waals surface area contributed by atoms with Crippen molar-refractivity contribution in [3.63, 3.8) is 0 Å². The molecule has 0 N–H and O–H groups in total. The number of methoxy groups -OCH3 is 1. The van der Waals surface area contributed by atoms with Gasteiger partial charge in [-0.1, -0.05) is 18.2 Å². The van der Waals surface area contributed by atoms with Crippen LogP contribution in [-0.2, 0) is 0 Å². The van der Waals surface area contributed by atoms with E-state index in [1.165, 1.54) is 10.1 Å². The molecule has 26 heavy (non-hydrogen) atoms. The van der Waals surface area contributed by atoms with E-state index in [1.54, 1.807) is 18.6 Å². The molecular weight excluding hydrogens is 346 g/mol. The predicted molar refractivity (Wildman–Crippen MR) is 107 cm³/mol. The van der Waals surface area contributed by atoms with E-state index in [-0.39, 0.29) is 0 Å². The first kappa shape index (κ1) is 17.1. The highest BCUT2D eigenvalue weighted by Crippen LogP contribution is 2.29. The third-order valence-corrected chi connectivity index (χ3v) is 5.56. The highest BCUT2D eigenvalue weighted by molar-refractivity contribution is 7.13. The first-order chi connectivity index (χ1) is 12.8. The maximum absolute atomic E-state index is 5.86. The molecule has 2 aromatic carbocycles. The fourth-order valence-corrected chi connectivity index (χ4v) is 4.06. The van der Waals surface area contributed by atoms with Crippen molar-refractivity contribution in [1.29, 1.82) is 0 Å². The third kappa shape index (κ3) is 3.76. The van der Waals surface area contributed by atoms with E-state index in [2.05, 4.69) is 38.4 Å². The van der Waals surface area contributed by atoms with Gasteiger partial charge in [0.25, 0.3) is 0 Å². The largest absolute Gasteiger partial charge is 0.497 e. The Bertz CT molecular complexity index is 859. The van der Waals surface area contributed by atoms with Gasteiger partial charge in [0, 0.05) is 44.2 Å². The number of nitrogens with zero attached hydrogens (tertiary/aromatic N) is 3. The Hall–Kier alpha value is -2.31. The van der Waals surface area contributed by atoms with Gasteiger partial charge in [0.15, 0.2) is 0 Å². The number of ether oxygens (including phenoxy) is 2. The molecule has 0 atom stereocenters. The van der Waals surface area contributed by atoms with Gasteiger partial charge in [0.1, 0.15) is 23.9 Å². The number of piperazine rings is 1. The van der Waals surface area contributed by atoms with Crippen molar-refractivity contribution >= 4 is 27.4 Å². The summed E-state index contributed by atoms with van der Waals surface area (Å²) in [5.74, 6) is 2.82. The zero-order valence-corrected chi connectivity index (χ0v) is 15.7. The molecule has 0 spiro atoms. The van der Waals surface area contributed by atoms with E-state index in [0.717, 1.165) is 50.0 Å². The summed E-state index contributed by atoms with van der Waals surface area (Å²) in [6.45, 7) is 5.70. The van der Waals surface area contributed by atoms with Crippen molar-refractivity contribution in [3.8, 4) is 11.5 Å². The van der Waals surface area contributed by atoms with Crippen LogP contribution in [-0.4, -0.2) is 55.7 Å². The highest BCUT2D eigenvalue weighted by atomic mass is 32.1. The van der Waals surface area contributed by atoms with Gasteiger partial charge in [-0.25, -0.2) is 0 Å². The second kappa shape index (κ2) is 7.93. The number of rotatable bonds is 6. The summed E-state index contributed by atoms with van der Waals surface area (Å²) < 4.78 is 17.0. The Morgan fingerprint density at radius 2 is 1.81 bits per heavy atom. The van der Waals surface area contributed by atoms with Crippen LogP contribution in [0.5, 0.6) is 11.5 Å².